The molecule has 0 bridgehead atoms. The van der Waals surface area contributed by atoms with Crippen LogP contribution < -0.4 is 14.8 Å². The van der Waals surface area contributed by atoms with Crippen LogP contribution in [0.2, 0.25) is 0 Å². The van der Waals surface area contributed by atoms with Gasteiger partial charge in [-0.3, -0.25) is 4.79 Å². The van der Waals surface area contributed by atoms with Crippen LogP contribution in [0.3, 0.4) is 0 Å². The number of fused-ring (bicyclic) bond motifs is 1. The minimum atomic E-state index is -0.658. The van der Waals surface area contributed by atoms with E-state index in [4.69, 9.17) is 9.47 Å². The summed E-state index contributed by atoms with van der Waals surface area (Å²) in [6.07, 6.45) is 1.70. The summed E-state index contributed by atoms with van der Waals surface area (Å²) >= 11 is 0. The van der Waals surface area contributed by atoms with Gasteiger partial charge in [0.2, 0.25) is 11.7 Å². The molecule has 0 fully saturated rings. The normalized spacial score (nSPS) is 15.8. The minimum Gasteiger partial charge on any atom is -0.490 e. The molecule has 1 aliphatic rings. The first-order chi connectivity index (χ1) is 11.6. The van der Waals surface area contributed by atoms with Crippen molar-refractivity contribution in [2.45, 2.75) is 12.5 Å². The number of benzene rings is 2. The Kier molecular flexibility index (Phi) is 4.46. The maximum absolute atomic E-state index is 14.7. The third kappa shape index (κ3) is 3.22. The van der Waals surface area contributed by atoms with Crippen LogP contribution in [0.4, 0.5) is 8.78 Å². The third-order valence-electron chi connectivity index (χ3n) is 3.66. The zero-order valence-electron chi connectivity index (χ0n) is 12.7. The van der Waals surface area contributed by atoms with Gasteiger partial charge in [-0.2, -0.15) is 4.39 Å². The predicted molar refractivity (Wildman–Crippen MR) is 84.1 cm³/mol. The van der Waals surface area contributed by atoms with Crippen LogP contribution in [0.1, 0.15) is 18.0 Å². The van der Waals surface area contributed by atoms with Crippen molar-refractivity contribution in [3.8, 4) is 17.2 Å². The lowest BCUT2D eigenvalue weighted by Crippen LogP contribution is -2.31. The molecule has 3 rings (SSSR count). The second kappa shape index (κ2) is 6.70. The average molecular weight is 331 g/mol. The lowest BCUT2D eigenvalue weighted by Gasteiger charge is -2.27. The van der Waals surface area contributed by atoms with E-state index in [2.05, 4.69) is 11.9 Å². The maximum Gasteiger partial charge on any atom is 0.243 e. The van der Waals surface area contributed by atoms with Gasteiger partial charge in [-0.05, 0) is 42.5 Å². The molecule has 1 aliphatic heterocycles. The van der Waals surface area contributed by atoms with E-state index >= 15 is 0 Å². The van der Waals surface area contributed by atoms with E-state index in [0.717, 1.165) is 6.08 Å². The number of halogens is 2. The van der Waals surface area contributed by atoms with Crippen molar-refractivity contribution in [1.82, 2.24) is 5.32 Å². The van der Waals surface area contributed by atoms with Gasteiger partial charge in [-0.25, -0.2) is 4.39 Å². The highest BCUT2D eigenvalue weighted by Crippen LogP contribution is 2.39. The Morgan fingerprint density at radius 1 is 1.25 bits per heavy atom. The molecular formula is C18H15F2NO3. The highest BCUT2D eigenvalue weighted by atomic mass is 19.1. The predicted octanol–water partition coefficient (Wildman–Crippen LogP) is 3.88. The summed E-state index contributed by atoms with van der Waals surface area (Å²) in [6, 6.07) is 8.01. The standard InChI is InChI=1S/C18H15F2NO3/c1-2-16(22)21-14-9-10-23-18-13(14)7-8-15(17(18)20)24-12-5-3-11(19)4-6-12/h2-8,14H,1,9-10H2,(H,21,22). The highest BCUT2D eigenvalue weighted by molar-refractivity contribution is 5.87. The molecule has 1 unspecified atom stereocenters. The molecule has 2 aromatic carbocycles. The van der Waals surface area contributed by atoms with E-state index in [9.17, 15) is 13.6 Å². The van der Waals surface area contributed by atoms with Crippen molar-refractivity contribution >= 4 is 5.91 Å². The Morgan fingerprint density at radius 2 is 2.00 bits per heavy atom. The maximum atomic E-state index is 14.7. The second-order valence-electron chi connectivity index (χ2n) is 5.25. The minimum absolute atomic E-state index is 0.0314. The molecule has 0 saturated heterocycles. The Hall–Kier alpha value is -2.89. The van der Waals surface area contributed by atoms with Crippen LogP contribution in [0.25, 0.3) is 0 Å². The lowest BCUT2D eigenvalue weighted by atomic mass is 10.00. The largest absolute Gasteiger partial charge is 0.490 e. The number of hydrogen-bond donors (Lipinski definition) is 1. The van der Waals surface area contributed by atoms with Crippen molar-refractivity contribution < 1.29 is 23.0 Å². The van der Waals surface area contributed by atoms with Gasteiger partial charge >= 0.3 is 0 Å². The van der Waals surface area contributed by atoms with Crippen LogP contribution in [-0.2, 0) is 4.79 Å². The smallest absolute Gasteiger partial charge is 0.243 e. The fourth-order valence-corrected chi connectivity index (χ4v) is 2.50. The number of rotatable bonds is 4. The van der Waals surface area contributed by atoms with E-state index < -0.39 is 11.6 Å². The van der Waals surface area contributed by atoms with Crippen molar-refractivity contribution in [2.75, 3.05) is 6.61 Å². The average Bonchev–Trinajstić information content (AvgIpc) is 2.59. The van der Waals surface area contributed by atoms with Gasteiger partial charge < -0.3 is 14.8 Å². The Morgan fingerprint density at radius 3 is 2.71 bits per heavy atom. The first kappa shape index (κ1) is 16.0. The summed E-state index contributed by atoms with van der Waals surface area (Å²) in [7, 11) is 0. The molecular weight excluding hydrogens is 316 g/mol. The number of amides is 1. The van der Waals surface area contributed by atoms with Crippen LogP contribution >= 0.6 is 0 Å². The third-order valence-corrected chi connectivity index (χ3v) is 3.66. The fourth-order valence-electron chi connectivity index (χ4n) is 2.50. The number of carbonyl (C=O) groups is 1. The van der Waals surface area contributed by atoms with Crippen LogP contribution in [0.5, 0.6) is 17.2 Å². The molecule has 0 spiro atoms. The van der Waals surface area contributed by atoms with Crippen molar-refractivity contribution in [1.29, 1.82) is 0 Å². The number of nitrogens with one attached hydrogen (secondary N) is 1. The Balaban J connectivity index is 1.88. The van der Waals surface area contributed by atoms with Gasteiger partial charge in [-0.15, -0.1) is 0 Å². The molecule has 4 nitrogen and oxygen atoms in total. The van der Waals surface area contributed by atoms with Crippen LogP contribution in [0.15, 0.2) is 49.1 Å². The quantitative estimate of drug-likeness (QED) is 0.865. The first-order valence-electron chi connectivity index (χ1n) is 7.40. The molecule has 0 aromatic heterocycles. The van der Waals surface area contributed by atoms with Crippen LogP contribution in [0, 0.1) is 11.6 Å². The molecule has 0 aliphatic carbocycles. The lowest BCUT2D eigenvalue weighted by molar-refractivity contribution is -0.117. The Labute approximate surface area is 137 Å². The molecule has 124 valence electrons. The molecule has 0 radical (unpaired) electrons. The van der Waals surface area contributed by atoms with Gasteiger partial charge in [0.15, 0.2) is 11.5 Å². The summed E-state index contributed by atoms with van der Waals surface area (Å²) in [4.78, 5) is 11.5. The number of hydrogen-bond acceptors (Lipinski definition) is 3. The molecule has 1 heterocycles. The summed E-state index contributed by atoms with van der Waals surface area (Å²) < 4.78 is 38.4. The SMILES string of the molecule is C=CC(=O)NC1CCOc2c1ccc(Oc1ccc(F)cc1)c2F. The molecule has 1 atom stereocenters. The molecule has 1 N–H and O–H groups in total. The van der Waals surface area contributed by atoms with Crippen molar-refractivity contribution in [3.63, 3.8) is 0 Å². The fraction of sp³-hybridized carbons (Fsp3) is 0.167. The van der Waals surface area contributed by atoms with Gasteiger partial charge in [0.1, 0.15) is 11.6 Å². The van der Waals surface area contributed by atoms with Gasteiger partial charge in [0.25, 0.3) is 0 Å². The summed E-state index contributed by atoms with van der Waals surface area (Å²) in [5.41, 5.74) is 0.542. The van der Waals surface area contributed by atoms with Gasteiger partial charge in [0.05, 0.1) is 12.6 Å². The zero-order valence-corrected chi connectivity index (χ0v) is 12.7. The van der Waals surface area contributed by atoms with Crippen LogP contribution in [-0.4, -0.2) is 12.5 Å². The van der Waals surface area contributed by atoms with Crippen molar-refractivity contribution in [2.24, 2.45) is 0 Å². The molecule has 1 amide bonds. The summed E-state index contributed by atoms with van der Waals surface area (Å²) in [6.45, 7) is 3.67. The molecule has 2 aromatic rings. The number of ether oxygens (including phenoxy) is 2. The molecule has 0 saturated carbocycles. The first-order valence-corrected chi connectivity index (χ1v) is 7.40. The Bertz CT molecular complexity index is 775. The van der Waals surface area contributed by atoms with Gasteiger partial charge in [-0.1, -0.05) is 6.58 Å². The van der Waals surface area contributed by atoms with Crippen molar-refractivity contribution in [3.05, 3.63) is 66.3 Å². The monoisotopic (exact) mass is 331 g/mol. The molecule has 6 heteroatoms. The summed E-state index contributed by atoms with van der Waals surface area (Å²) in [5.74, 6) is -1.07. The van der Waals surface area contributed by atoms with E-state index in [0.29, 0.717) is 17.7 Å². The van der Waals surface area contributed by atoms with E-state index in [1.165, 1.54) is 30.3 Å². The molecule has 24 heavy (non-hydrogen) atoms. The van der Waals surface area contributed by atoms with E-state index in [1.807, 2.05) is 0 Å². The van der Waals surface area contributed by atoms with E-state index in [-0.39, 0.29) is 30.1 Å². The second-order valence-corrected chi connectivity index (χ2v) is 5.25. The highest BCUT2D eigenvalue weighted by Gasteiger charge is 2.27. The number of carbonyl (C=O) groups excluding carboxylic acids is 1. The summed E-state index contributed by atoms with van der Waals surface area (Å²) in [5, 5.41) is 2.74. The topological polar surface area (TPSA) is 47.6 Å². The zero-order chi connectivity index (χ0) is 17.1. The van der Waals surface area contributed by atoms with E-state index in [1.54, 1.807) is 6.07 Å². The van der Waals surface area contributed by atoms with Gasteiger partial charge in [0, 0.05) is 12.0 Å².